The number of benzene rings is 1. The van der Waals surface area contributed by atoms with Gasteiger partial charge in [0, 0.05) is 0 Å². The molecule has 6 heteroatoms. The molecule has 0 fully saturated rings. The Bertz CT molecular complexity index is 411. The molecule has 1 atom stereocenters. The number of methoxy groups -OCH3 is 1. The van der Waals surface area contributed by atoms with Crippen molar-refractivity contribution in [3.63, 3.8) is 0 Å². The van der Waals surface area contributed by atoms with Crippen LogP contribution in [0.25, 0.3) is 0 Å². The summed E-state index contributed by atoms with van der Waals surface area (Å²) in [7, 11) is 1.32. The number of rotatable bonds is 8. The van der Waals surface area contributed by atoms with E-state index in [0.29, 0.717) is 12.2 Å². The van der Waals surface area contributed by atoms with E-state index in [-0.39, 0.29) is 6.04 Å². The highest BCUT2D eigenvalue weighted by atomic mass is 16.5. The van der Waals surface area contributed by atoms with Crippen LogP contribution in [0.15, 0.2) is 35.6 Å². The highest BCUT2D eigenvalue weighted by molar-refractivity contribution is 5.67. The summed E-state index contributed by atoms with van der Waals surface area (Å²) in [6.07, 6.45) is 2.24. The minimum absolute atomic E-state index is 0.180. The van der Waals surface area contributed by atoms with E-state index >= 15 is 0 Å². The molecule has 0 heterocycles. The summed E-state index contributed by atoms with van der Waals surface area (Å²) in [6.45, 7) is 2.39. The fourth-order valence-corrected chi connectivity index (χ4v) is 1.88. The van der Waals surface area contributed by atoms with Gasteiger partial charge in [-0.3, -0.25) is 0 Å². The highest BCUT2D eigenvalue weighted by Gasteiger charge is 2.17. The molecule has 1 unspecified atom stereocenters. The molecule has 110 valence electrons. The van der Waals surface area contributed by atoms with Crippen LogP contribution in [0.2, 0.25) is 0 Å². The number of carbonyl (C=O) groups excluding carboxylic acids is 1. The zero-order valence-electron chi connectivity index (χ0n) is 11.9. The molecular formula is C14H21N3O3. The lowest BCUT2D eigenvalue weighted by Gasteiger charge is -2.23. The number of amides is 1. The molecule has 0 saturated carbocycles. The van der Waals surface area contributed by atoms with E-state index in [0.717, 1.165) is 19.3 Å². The van der Waals surface area contributed by atoms with Crippen LogP contribution in [-0.4, -0.2) is 25.8 Å². The number of unbranched alkanes of at least 4 members (excludes halogenated alkanes) is 1. The zero-order chi connectivity index (χ0) is 14.8. The number of anilines is 1. The Balaban J connectivity index is 2.69. The molecule has 0 radical (unpaired) electrons. The van der Waals surface area contributed by atoms with E-state index in [1.165, 1.54) is 12.1 Å². The Morgan fingerprint density at radius 2 is 2.10 bits per heavy atom. The number of para-hydroxylation sites is 1. The van der Waals surface area contributed by atoms with E-state index in [2.05, 4.69) is 22.3 Å². The highest BCUT2D eigenvalue weighted by Crippen LogP contribution is 2.15. The number of hydrogen-bond acceptors (Lipinski definition) is 4. The van der Waals surface area contributed by atoms with E-state index in [9.17, 15) is 9.70 Å². The Kier molecular flexibility index (Phi) is 7.10. The van der Waals surface area contributed by atoms with Gasteiger partial charge in [-0.15, -0.1) is 4.91 Å². The van der Waals surface area contributed by atoms with Gasteiger partial charge in [-0.2, -0.15) is 0 Å². The van der Waals surface area contributed by atoms with Gasteiger partial charge in [-0.05, 0) is 18.6 Å². The van der Waals surface area contributed by atoms with Crippen molar-refractivity contribution < 1.29 is 9.53 Å². The normalized spacial score (nSPS) is 11.5. The molecule has 0 saturated heterocycles. The fraction of sp³-hybridized carbons (Fsp3) is 0.500. The maximum atomic E-state index is 11.3. The van der Waals surface area contributed by atoms with Gasteiger partial charge in [-0.1, -0.05) is 38.0 Å². The van der Waals surface area contributed by atoms with Crippen LogP contribution >= 0.6 is 0 Å². The van der Waals surface area contributed by atoms with Crippen LogP contribution < -0.4 is 10.3 Å². The van der Waals surface area contributed by atoms with Crippen molar-refractivity contribution in [1.82, 2.24) is 5.32 Å². The molecule has 1 aromatic carbocycles. The molecule has 1 aromatic rings. The molecular weight excluding hydrogens is 258 g/mol. The molecule has 0 aromatic heterocycles. The van der Waals surface area contributed by atoms with Crippen LogP contribution in [0.4, 0.5) is 10.5 Å². The average molecular weight is 279 g/mol. The average Bonchev–Trinajstić information content (AvgIpc) is 2.50. The van der Waals surface area contributed by atoms with Crippen molar-refractivity contribution in [3.8, 4) is 0 Å². The summed E-state index contributed by atoms with van der Waals surface area (Å²) in [6, 6.07) is 8.96. The van der Waals surface area contributed by atoms with Crippen LogP contribution in [-0.2, 0) is 4.74 Å². The smallest absolute Gasteiger partial charge is 0.407 e. The number of alkyl carbamates (subject to hydrolysis) is 1. The maximum Gasteiger partial charge on any atom is 0.407 e. The number of hydrogen-bond donors (Lipinski definition) is 1. The number of ether oxygens (including phenoxy) is 1. The summed E-state index contributed by atoms with van der Waals surface area (Å²) in [4.78, 5) is 22.3. The lowest BCUT2D eigenvalue weighted by Crippen LogP contribution is -2.42. The molecule has 0 aliphatic rings. The summed E-state index contributed by atoms with van der Waals surface area (Å²) in [5.74, 6) is 0. The van der Waals surface area contributed by atoms with Crippen LogP contribution in [0.3, 0.4) is 0 Å². The third kappa shape index (κ3) is 5.26. The Labute approximate surface area is 119 Å². The van der Waals surface area contributed by atoms with Crippen molar-refractivity contribution in [3.05, 3.63) is 35.2 Å². The van der Waals surface area contributed by atoms with E-state index in [1.807, 2.05) is 18.2 Å². The minimum atomic E-state index is -0.495. The molecule has 0 aliphatic carbocycles. The first-order chi connectivity index (χ1) is 9.71. The monoisotopic (exact) mass is 279 g/mol. The SMILES string of the molecule is CCCCC(CN(N=O)c1ccccc1)NC(=O)OC. The first-order valence-corrected chi connectivity index (χ1v) is 6.71. The molecule has 1 N–H and O–H groups in total. The number of nitrogens with zero attached hydrogens (tertiary/aromatic N) is 2. The van der Waals surface area contributed by atoms with Gasteiger partial charge in [0.05, 0.1) is 30.7 Å². The molecule has 0 bridgehead atoms. The molecule has 1 rings (SSSR count). The predicted octanol–water partition coefficient (Wildman–Crippen LogP) is 3.09. The van der Waals surface area contributed by atoms with E-state index in [1.54, 1.807) is 12.1 Å². The number of carbonyl (C=O) groups is 1. The third-order valence-electron chi connectivity index (χ3n) is 2.96. The maximum absolute atomic E-state index is 11.3. The minimum Gasteiger partial charge on any atom is -0.453 e. The standard InChI is InChI=1S/C14H21N3O3/c1-3-4-8-12(15-14(18)20-2)11-17(16-19)13-9-6-5-7-10-13/h5-7,9-10,12H,3-4,8,11H2,1-2H3,(H,15,18). The second kappa shape index (κ2) is 8.90. The Hall–Kier alpha value is -2.11. The molecule has 20 heavy (non-hydrogen) atoms. The largest absolute Gasteiger partial charge is 0.453 e. The topological polar surface area (TPSA) is 71.0 Å². The lowest BCUT2D eigenvalue weighted by molar-refractivity contribution is 0.166. The second-order valence-electron chi connectivity index (χ2n) is 4.47. The summed E-state index contributed by atoms with van der Waals surface area (Å²) >= 11 is 0. The molecule has 0 aliphatic heterocycles. The van der Waals surface area contributed by atoms with Gasteiger partial charge >= 0.3 is 6.09 Å². The van der Waals surface area contributed by atoms with Crippen molar-refractivity contribution >= 4 is 11.8 Å². The van der Waals surface area contributed by atoms with Crippen molar-refractivity contribution in [2.24, 2.45) is 5.29 Å². The molecule has 1 amide bonds. The van der Waals surface area contributed by atoms with Crippen molar-refractivity contribution in [2.75, 3.05) is 18.7 Å². The van der Waals surface area contributed by atoms with E-state index < -0.39 is 6.09 Å². The fourth-order valence-electron chi connectivity index (χ4n) is 1.88. The van der Waals surface area contributed by atoms with Gasteiger partial charge in [0.2, 0.25) is 0 Å². The van der Waals surface area contributed by atoms with Gasteiger partial charge in [0.15, 0.2) is 0 Å². The van der Waals surface area contributed by atoms with Crippen LogP contribution in [0.5, 0.6) is 0 Å². The first kappa shape index (κ1) is 15.9. The molecule has 0 spiro atoms. The summed E-state index contributed by atoms with van der Waals surface area (Å²) in [5, 5.41) is 7.11. The molecule has 6 nitrogen and oxygen atoms in total. The Morgan fingerprint density at radius 1 is 1.40 bits per heavy atom. The van der Waals surface area contributed by atoms with Gasteiger partial charge in [-0.25, -0.2) is 9.80 Å². The predicted molar refractivity (Wildman–Crippen MR) is 78.4 cm³/mol. The second-order valence-corrected chi connectivity index (χ2v) is 4.47. The number of nitroso groups, excluding NO2 is 1. The Morgan fingerprint density at radius 3 is 2.65 bits per heavy atom. The lowest BCUT2D eigenvalue weighted by atomic mass is 10.1. The quantitative estimate of drug-likeness (QED) is 0.586. The summed E-state index contributed by atoms with van der Waals surface area (Å²) < 4.78 is 4.60. The van der Waals surface area contributed by atoms with Gasteiger partial charge in [0.1, 0.15) is 0 Å². The first-order valence-electron chi connectivity index (χ1n) is 6.71. The van der Waals surface area contributed by atoms with Crippen molar-refractivity contribution in [1.29, 1.82) is 0 Å². The number of nitrogens with one attached hydrogen (secondary N) is 1. The van der Waals surface area contributed by atoms with Gasteiger partial charge < -0.3 is 10.1 Å². The van der Waals surface area contributed by atoms with Gasteiger partial charge in [0.25, 0.3) is 0 Å². The van der Waals surface area contributed by atoms with E-state index in [4.69, 9.17) is 0 Å². The van der Waals surface area contributed by atoms with Crippen molar-refractivity contribution in [2.45, 2.75) is 32.2 Å². The zero-order valence-corrected chi connectivity index (χ0v) is 11.9. The van der Waals surface area contributed by atoms with Crippen LogP contribution in [0.1, 0.15) is 26.2 Å². The third-order valence-corrected chi connectivity index (χ3v) is 2.96. The van der Waals surface area contributed by atoms with Crippen LogP contribution in [0, 0.1) is 4.91 Å². The summed E-state index contributed by atoms with van der Waals surface area (Å²) in [5.41, 5.74) is 0.704.